The minimum atomic E-state index is -3.66. The number of carbonyl (C=O) groups is 1. The van der Waals surface area contributed by atoms with Crippen LogP contribution in [0.15, 0.2) is 89.8 Å². The molecular weight excluding hydrogens is 412 g/mol. The van der Waals surface area contributed by atoms with Crippen molar-refractivity contribution in [1.82, 2.24) is 10.0 Å². The maximum atomic E-state index is 13.1. The van der Waals surface area contributed by atoms with Crippen molar-refractivity contribution >= 4 is 15.9 Å². The van der Waals surface area contributed by atoms with Crippen LogP contribution in [0.1, 0.15) is 28.4 Å². The van der Waals surface area contributed by atoms with E-state index >= 15 is 0 Å². The number of rotatable bonds is 9. The molecular formula is C24H26N2O4S. The Morgan fingerprint density at radius 2 is 1.39 bits per heavy atom. The van der Waals surface area contributed by atoms with Gasteiger partial charge in [0, 0.05) is 19.2 Å². The largest absolute Gasteiger partial charge is 0.383 e. The summed E-state index contributed by atoms with van der Waals surface area (Å²) in [7, 11) is -2.16. The maximum Gasteiger partial charge on any atom is 0.252 e. The lowest BCUT2D eigenvalue weighted by molar-refractivity contribution is 0.0919. The van der Waals surface area contributed by atoms with Crippen LogP contribution < -0.4 is 10.0 Å². The van der Waals surface area contributed by atoms with Crippen molar-refractivity contribution in [3.63, 3.8) is 0 Å². The fourth-order valence-electron chi connectivity index (χ4n) is 3.30. The number of nitrogens with one attached hydrogen (secondary N) is 2. The third-order valence-corrected chi connectivity index (χ3v) is 6.57. The Morgan fingerprint density at radius 3 is 1.87 bits per heavy atom. The van der Waals surface area contributed by atoms with Gasteiger partial charge in [0.25, 0.3) is 5.91 Å². The van der Waals surface area contributed by atoms with E-state index in [4.69, 9.17) is 4.74 Å². The molecule has 2 N–H and O–H groups in total. The van der Waals surface area contributed by atoms with Gasteiger partial charge in [-0.3, -0.25) is 4.79 Å². The molecule has 0 aromatic heterocycles. The van der Waals surface area contributed by atoms with Crippen molar-refractivity contribution < 1.29 is 17.9 Å². The van der Waals surface area contributed by atoms with Crippen LogP contribution in [0.3, 0.4) is 0 Å². The van der Waals surface area contributed by atoms with Crippen LogP contribution in [-0.2, 0) is 20.3 Å². The first-order valence-corrected chi connectivity index (χ1v) is 11.4. The zero-order valence-electron chi connectivity index (χ0n) is 17.5. The molecule has 162 valence electrons. The lowest BCUT2D eigenvalue weighted by Gasteiger charge is -2.32. The molecule has 1 amide bonds. The molecule has 0 fully saturated rings. The first-order chi connectivity index (χ1) is 14.9. The van der Waals surface area contributed by atoms with Crippen LogP contribution >= 0.6 is 0 Å². The summed E-state index contributed by atoms with van der Waals surface area (Å²) < 4.78 is 32.0. The van der Waals surface area contributed by atoms with Gasteiger partial charge in [0.1, 0.15) is 0 Å². The van der Waals surface area contributed by atoms with Gasteiger partial charge in [0.05, 0.1) is 17.0 Å². The number of carbonyl (C=O) groups excluding carboxylic acids is 1. The van der Waals surface area contributed by atoms with E-state index in [9.17, 15) is 13.2 Å². The van der Waals surface area contributed by atoms with E-state index in [2.05, 4.69) is 10.0 Å². The zero-order valence-corrected chi connectivity index (χ0v) is 18.4. The highest BCUT2D eigenvalue weighted by Crippen LogP contribution is 2.29. The van der Waals surface area contributed by atoms with Crippen molar-refractivity contribution in [2.24, 2.45) is 0 Å². The lowest BCUT2D eigenvalue weighted by Crippen LogP contribution is -2.44. The minimum Gasteiger partial charge on any atom is -0.383 e. The van der Waals surface area contributed by atoms with E-state index < -0.39 is 15.6 Å². The van der Waals surface area contributed by atoms with E-state index in [1.54, 1.807) is 0 Å². The molecule has 0 atom stereocenters. The van der Waals surface area contributed by atoms with Crippen molar-refractivity contribution in [1.29, 1.82) is 0 Å². The molecule has 0 bridgehead atoms. The number of sulfonamides is 1. The average molecular weight is 439 g/mol. The lowest BCUT2D eigenvalue weighted by atomic mass is 9.84. The van der Waals surface area contributed by atoms with Crippen LogP contribution in [0.4, 0.5) is 0 Å². The Morgan fingerprint density at radius 1 is 0.871 bits per heavy atom. The summed E-state index contributed by atoms with van der Waals surface area (Å²) in [5.41, 5.74) is 1.49. The Labute approximate surface area is 183 Å². The molecule has 0 aliphatic carbocycles. The zero-order chi connectivity index (χ0) is 22.3. The molecule has 6 nitrogen and oxygen atoms in total. The summed E-state index contributed by atoms with van der Waals surface area (Å²) in [6.07, 6.45) is 0. The third-order valence-electron chi connectivity index (χ3n) is 5.09. The van der Waals surface area contributed by atoms with Gasteiger partial charge in [-0.1, -0.05) is 60.7 Å². The van der Waals surface area contributed by atoms with E-state index in [0.717, 1.165) is 11.1 Å². The number of benzene rings is 3. The highest BCUT2D eigenvalue weighted by molar-refractivity contribution is 7.89. The van der Waals surface area contributed by atoms with E-state index in [1.165, 1.54) is 31.4 Å². The quantitative estimate of drug-likeness (QED) is 0.502. The van der Waals surface area contributed by atoms with Gasteiger partial charge in [0.2, 0.25) is 10.0 Å². The Balaban J connectivity index is 1.85. The van der Waals surface area contributed by atoms with Gasteiger partial charge in [0.15, 0.2) is 0 Å². The molecule has 3 aromatic carbocycles. The van der Waals surface area contributed by atoms with Crippen molar-refractivity contribution in [3.05, 3.63) is 102 Å². The maximum absolute atomic E-state index is 13.1. The average Bonchev–Trinajstić information content (AvgIpc) is 2.80. The normalized spacial score (nSPS) is 11.8. The van der Waals surface area contributed by atoms with Gasteiger partial charge < -0.3 is 10.1 Å². The third kappa shape index (κ3) is 5.38. The molecule has 0 saturated heterocycles. The van der Waals surface area contributed by atoms with E-state index in [0.29, 0.717) is 5.56 Å². The molecule has 0 spiro atoms. The monoisotopic (exact) mass is 438 g/mol. The standard InChI is InChI=1S/C24H26N2O4S/c1-24(20-9-5-3-6-10-20,21-11-7-4-8-12-21)26-23(27)19-13-15-22(16-14-19)31(28,29)25-17-18-30-2/h3-16,25H,17-18H2,1-2H3,(H,26,27). The number of hydrogen-bond donors (Lipinski definition) is 2. The molecule has 0 radical (unpaired) electrons. The molecule has 0 heterocycles. The summed E-state index contributed by atoms with van der Waals surface area (Å²) in [5.74, 6) is -0.300. The van der Waals surface area contributed by atoms with Crippen LogP contribution in [0.5, 0.6) is 0 Å². The highest BCUT2D eigenvalue weighted by atomic mass is 32.2. The number of methoxy groups -OCH3 is 1. The molecule has 0 aliphatic heterocycles. The second-order valence-electron chi connectivity index (χ2n) is 7.23. The molecule has 3 rings (SSSR count). The molecule has 31 heavy (non-hydrogen) atoms. The smallest absolute Gasteiger partial charge is 0.252 e. The minimum absolute atomic E-state index is 0.0917. The Kier molecular flexibility index (Phi) is 7.22. The Hall–Kier alpha value is -3.00. The number of hydrogen-bond acceptors (Lipinski definition) is 4. The fourth-order valence-corrected chi connectivity index (χ4v) is 4.31. The van der Waals surface area contributed by atoms with Gasteiger partial charge in [-0.15, -0.1) is 0 Å². The molecule has 0 unspecified atom stereocenters. The summed E-state index contributed by atoms with van der Waals surface area (Å²) in [4.78, 5) is 13.2. The molecule has 0 aliphatic rings. The van der Waals surface area contributed by atoms with Gasteiger partial charge in [-0.2, -0.15) is 0 Å². The van der Waals surface area contributed by atoms with E-state index in [1.807, 2.05) is 67.6 Å². The molecule has 7 heteroatoms. The van der Waals surface area contributed by atoms with Crippen molar-refractivity contribution in [2.75, 3.05) is 20.3 Å². The summed E-state index contributed by atoms with van der Waals surface area (Å²) >= 11 is 0. The first kappa shape index (κ1) is 22.7. The van der Waals surface area contributed by atoms with Gasteiger partial charge >= 0.3 is 0 Å². The predicted molar refractivity (Wildman–Crippen MR) is 120 cm³/mol. The van der Waals surface area contributed by atoms with Crippen LogP contribution in [-0.4, -0.2) is 34.6 Å². The summed E-state index contributed by atoms with van der Waals surface area (Å²) in [6, 6.07) is 25.3. The number of ether oxygens (including phenoxy) is 1. The Bertz CT molecular complexity index is 1060. The number of amides is 1. The predicted octanol–water partition coefficient (Wildman–Crippen LogP) is 3.30. The molecule has 0 saturated carbocycles. The van der Waals surface area contributed by atoms with Crippen LogP contribution in [0.25, 0.3) is 0 Å². The first-order valence-electron chi connectivity index (χ1n) is 9.89. The highest BCUT2D eigenvalue weighted by Gasteiger charge is 2.31. The van der Waals surface area contributed by atoms with Crippen LogP contribution in [0.2, 0.25) is 0 Å². The van der Waals surface area contributed by atoms with Crippen LogP contribution in [0, 0.1) is 0 Å². The summed E-state index contributed by atoms with van der Waals surface area (Å²) in [6.45, 7) is 2.40. The molecule has 3 aromatic rings. The fraction of sp³-hybridized carbons (Fsp3) is 0.208. The topological polar surface area (TPSA) is 84.5 Å². The van der Waals surface area contributed by atoms with E-state index in [-0.39, 0.29) is 24.0 Å². The van der Waals surface area contributed by atoms with Crippen molar-refractivity contribution in [3.8, 4) is 0 Å². The van der Waals surface area contributed by atoms with Gasteiger partial charge in [-0.05, 0) is 42.3 Å². The summed E-state index contributed by atoms with van der Waals surface area (Å²) in [5, 5.41) is 3.12. The van der Waals surface area contributed by atoms with Crippen molar-refractivity contribution in [2.45, 2.75) is 17.4 Å². The second-order valence-corrected chi connectivity index (χ2v) is 8.99. The van der Waals surface area contributed by atoms with Gasteiger partial charge in [-0.25, -0.2) is 13.1 Å². The second kappa shape index (κ2) is 9.87. The SMILES string of the molecule is COCCNS(=O)(=O)c1ccc(C(=O)NC(C)(c2ccccc2)c2ccccc2)cc1.